The zero-order valence-electron chi connectivity index (χ0n) is 13.8. The Hall–Kier alpha value is -3.22. The van der Waals surface area contributed by atoms with Crippen LogP contribution >= 0.6 is 0 Å². The maximum Gasteiger partial charge on any atom is 0.262 e. The second kappa shape index (κ2) is 8.05. The molecule has 2 rings (SSSR count). The molecule has 25 heavy (non-hydrogen) atoms. The van der Waals surface area contributed by atoms with Gasteiger partial charge >= 0.3 is 0 Å². The molecular formula is C18H17FN2O4. The van der Waals surface area contributed by atoms with Gasteiger partial charge in [0.15, 0.2) is 12.4 Å². The van der Waals surface area contributed by atoms with Gasteiger partial charge in [-0.15, -0.1) is 0 Å². The Morgan fingerprint density at radius 1 is 1.00 bits per heavy atom. The van der Waals surface area contributed by atoms with E-state index in [1.54, 1.807) is 24.3 Å². The van der Waals surface area contributed by atoms with Crippen LogP contribution in [0, 0.1) is 5.82 Å². The summed E-state index contributed by atoms with van der Waals surface area (Å²) in [6.45, 7) is 2.45. The van der Waals surface area contributed by atoms with E-state index in [9.17, 15) is 18.8 Å². The number of hydrogen-bond acceptors (Lipinski definition) is 4. The fourth-order valence-corrected chi connectivity index (χ4v) is 2.02. The Kier molecular flexibility index (Phi) is 5.84. The fourth-order valence-electron chi connectivity index (χ4n) is 2.02. The predicted molar refractivity (Wildman–Crippen MR) is 91.3 cm³/mol. The molecule has 2 amide bonds. The zero-order valence-corrected chi connectivity index (χ0v) is 13.8. The van der Waals surface area contributed by atoms with Gasteiger partial charge < -0.3 is 15.4 Å². The SMILES string of the molecule is CC(=O)Nc1ccc(F)c(NC(=O)COc2ccc(C(C)=O)cc2)c1. The number of hydrogen-bond donors (Lipinski definition) is 2. The fraction of sp³-hybridized carbons (Fsp3) is 0.167. The van der Waals surface area contributed by atoms with E-state index in [0.717, 1.165) is 6.07 Å². The van der Waals surface area contributed by atoms with Gasteiger partial charge in [-0.3, -0.25) is 14.4 Å². The van der Waals surface area contributed by atoms with Gasteiger partial charge in [0.1, 0.15) is 11.6 Å². The monoisotopic (exact) mass is 344 g/mol. The molecular weight excluding hydrogens is 327 g/mol. The molecule has 0 aliphatic rings. The van der Waals surface area contributed by atoms with Crippen LogP contribution in [0.1, 0.15) is 24.2 Å². The average molecular weight is 344 g/mol. The number of rotatable bonds is 6. The van der Waals surface area contributed by atoms with Crippen molar-refractivity contribution in [2.45, 2.75) is 13.8 Å². The second-order valence-electron chi connectivity index (χ2n) is 5.29. The van der Waals surface area contributed by atoms with Crippen molar-refractivity contribution in [3.63, 3.8) is 0 Å². The molecule has 2 N–H and O–H groups in total. The van der Waals surface area contributed by atoms with Gasteiger partial charge in [-0.2, -0.15) is 0 Å². The van der Waals surface area contributed by atoms with Crippen molar-refractivity contribution < 1.29 is 23.5 Å². The molecule has 0 unspecified atom stereocenters. The van der Waals surface area contributed by atoms with Crippen LogP contribution in [-0.2, 0) is 9.59 Å². The average Bonchev–Trinajstić information content (AvgIpc) is 2.56. The number of anilines is 2. The Balaban J connectivity index is 1.95. The normalized spacial score (nSPS) is 10.0. The summed E-state index contributed by atoms with van der Waals surface area (Å²) in [4.78, 5) is 34.1. The lowest BCUT2D eigenvalue weighted by molar-refractivity contribution is -0.118. The van der Waals surface area contributed by atoms with Gasteiger partial charge in [-0.1, -0.05) is 0 Å². The number of benzene rings is 2. The van der Waals surface area contributed by atoms with Crippen molar-refractivity contribution in [1.82, 2.24) is 0 Å². The standard InChI is InChI=1S/C18H17FN2O4/c1-11(22)13-3-6-15(7-4-13)25-10-18(24)21-17-9-14(20-12(2)23)5-8-16(17)19/h3-9H,10H2,1-2H3,(H,20,23)(H,21,24). The molecule has 7 heteroatoms. The minimum Gasteiger partial charge on any atom is -0.484 e. The van der Waals surface area contributed by atoms with Gasteiger partial charge in [0.25, 0.3) is 5.91 Å². The van der Waals surface area contributed by atoms with Gasteiger partial charge in [0.2, 0.25) is 5.91 Å². The molecule has 2 aromatic carbocycles. The van der Waals surface area contributed by atoms with Gasteiger partial charge in [-0.25, -0.2) is 4.39 Å². The first-order valence-electron chi connectivity index (χ1n) is 7.46. The van der Waals surface area contributed by atoms with Crippen LogP contribution in [0.15, 0.2) is 42.5 Å². The lowest BCUT2D eigenvalue weighted by Gasteiger charge is -2.10. The molecule has 0 atom stereocenters. The molecule has 6 nitrogen and oxygen atoms in total. The highest BCUT2D eigenvalue weighted by Gasteiger charge is 2.10. The van der Waals surface area contributed by atoms with Crippen molar-refractivity contribution >= 4 is 29.0 Å². The molecule has 0 saturated carbocycles. The number of Topliss-reactive ketones (excluding diaryl/α,β-unsaturated/α-hetero) is 1. The van der Waals surface area contributed by atoms with Crippen molar-refractivity contribution in [2.75, 3.05) is 17.2 Å². The zero-order chi connectivity index (χ0) is 18.4. The maximum atomic E-state index is 13.8. The highest BCUT2D eigenvalue weighted by molar-refractivity contribution is 5.95. The van der Waals surface area contributed by atoms with Gasteiger partial charge in [0.05, 0.1) is 5.69 Å². The van der Waals surface area contributed by atoms with Crippen LogP contribution < -0.4 is 15.4 Å². The number of halogens is 1. The van der Waals surface area contributed by atoms with Crippen molar-refractivity contribution in [3.05, 3.63) is 53.8 Å². The number of carbonyl (C=O) groups is 3. The third-order valence-corrected chi connectivity index (χ3v) is 3.19. The maximum absolute atomic E-state index is 13.8. The van der Waals surface area contributed by atoms with Crippen LogP contribution in [0.5, 0.6) is 5.75 Å². The Morgan fingerprint density at radius 3 is 2.28 bits per heavy atom. The largest absolute Gasteiger partial charge is 0.484 e. The Morgan fingerprint density at radius 2 is 1.68 bits per heavy atom. The summed E-state index contributed by atoms with van der Waals surface area (Å²) in [7, 11) is 0. The molecule has 0 spiro atoms. The quantitative estimate of drug-likeness (QED) is 0.789. The summed E-state index contributed by atoms with van der Waals surface area (Å²) in [6.07, 6.45) is 0. The first kappa shape index (κ1) is 18.1. The van der Waals surface area contributed by atoms with E-state index in [1.165, 1.54) is 26.0 Å². The molecule has 2 aromatic rings. The first-order valence-corrected chi connectivity index (χ1v) is 7.46. The smallest absolute Gasteiger partial charge is 0.262 e. The predicted octanol–water partition coefficient (Wildman–Crippen LogP) is 3.00. The lowest BCUT2D eigenvalue weighted by Crippen LogP contribution is -2.21. The summed E-state index contributed by atoms with van der Waals surface area (Å²) in [5.41, 5.74) is 0.838. The van der Waals surface area contributed by atoms with Crippen LogP contribution in [-0.4, -0.2) is 24.2 Å². The summed E-state index contributed by atoms with van der Waals surface area (Å²) in [6, 6.07) is 10.2. The van der Waals surface area contributed by atoms with Gasteiger partial charge in [-0.05, 0) is 49.4 Å². The van der Waals surface area contributed by atoms with Crippen molar-refractivity contribution in [2.24, 2.45) is 0 Å². The number of amides is 2. The highest BCUT2D eigenvalue weighted by atomic mass is 19.1. The topological polar surface area (TPSA) is 84.5 Å². The summed E-state index contributed by atoms with van der Waals surface area (Å²) in [5.74, 6) is -1.16. The third kappa shape index (κ3) is 5.42. The molecule has 0 bridgehead atoms. The molecule has 0 fully saturated rings. The molecule has 0 saturated heterocycles. The summed E-state index contributed by atoms with van der Waals surface area (Å²) < 4.78 is 19.0. The summed E-state index contributed by atoms with van der Waals surface area (Å²) in [5, 5.41) is 4.88. The minimum absolute atomic E-state index is 0.0632. The summed E-state index contributed by atoms with van der Waals surface area (Å²) >= 11 is 0. The van der Waals surface area contributed by atoms with Crippen molar-refractivity contribution in [3.8, 4) is 5.75 Å². The van der Waals surface area contributed by atoms with E-state index in [2.05, 4.69) is 10.6 Å². The van der Waals surface area contributed by atoms with Crippen molar-refractivity contribution in [1.29, 1.82) is 0 Å². The highest BCUT2D eigenvalue weighted by Crippen LogP contribution is 2.20. The van der Waals surface area contributed by atoms with Gasteiger partial charge in [0, 0.05) is 18.2 Å². The second-order valence-corrected chi connectivity index (χ2v) is 5.29. The number of ketones is 1. The molecule has 0 radical (unpaired) electrons. The van der Waals surface area contributed by atoms with Crippen LogP contribution in [0.3, 0.4) is 0 Å². The Labute approximate surface area is 144 Å². The molecule has 0 aliphatic carbocycles. The molecule has 0 aliphatic heterocycles. The van der Waals surface area contributed by atoms with E-state index < -0.39 is 11.7 Å². The van der Waals surface area contributed by atoms with Crippen LogP contribution in [0.25, 0.3) is 0 Å². The molecule has 0 aromatic heterocycles. The number of carbonyl (C=O) groups excluding carboxylic acids is 3. The minimum atomic E-state index is -0.631. The van der Waals surface area contributed by atoms with Crippen LogP contribution in [0.2, 0.25) is 0 Å². The Bertz CT molecular complexity index is 803. The molecule has 0 heterocycles. The van der Waals surface area contributed by atoms with E-state index in [-0.39, 0.29) is 24.0 Å². The van der Waals surface area contributed by atoms with E-state index in [0.29, 0.717) is 17.0 Å². The lowest BCUT2D eigenvalue weighted by atomic mass is 10.1. The number of ether oxygens (including phenoxy) is 1. The molecule has 130 valence electrons. The van der Waals surface area contributed by atoms with E-state index in [1.807, 2.05) is 0 Å². The van der Waals surface area contributed by atoms with E-state index >= 15 is 0 Å². The number of nitrogens with one attached hydrogen (secondary N) is 2. The van der Waals surface area contributed by atoms with Crippen LogP contribution in [0.4, 0.5) is 15.8 Å². The first-order chi connectivity index (χ1) is 11.8. The van der Waals surface area contributed by atoms with E-state index in [4.69, 9.17) is 4.74 Å². The third-order valence-electron chi connectivity index (χ3n) is 3.19.